The lowest BCUT2D eigenvalue weighted by Crippen LogP contribution is -2.47. The topological polar surface area (TPSA) is 59.1 Å². The van der Waals surface area contributed by atoms with Gasteiger partial charge in [-0.3, -0.25) is 9.69 Å². The largest absolute Gasteiger partial charge is 0.508 e. The number of phenolic OH excluding ortho intramolecular Hbond substituents is 1. The molecule has 0 aromatic heterocycles. The second-order valence-corrected chi connectivity index (χ2v) is 9.11. The fourth-order valence-electron chi connectivity index (χ4n) is 4.41. The zero-order valence-electron chi connectivity index (χ0n) is 20.6. The van der Waals surface area contributed by atoms with E-state index in [9.17, 15) is 4.79 Å². The van der Waals surface area contributed by atoms with Crippen LogP contribution in [0.25, 0.3) is 5.57 Å². The van der Waals surface area contributed by atoms with Gasteiger partial charge in [-0.2, -0.15) is 0 Å². The Labute approximate surface area is 204 Å². The van der Waals surface area contributed by atoms with Crippen molar-refractivity contribution in [3.05, 3.63) is 72.4 Å². The summed E-state index contributed by atoms with van der Waals surface area (Å²) >= 11 is 0. The number of aromatic hydroxyl groups is 1. The van der Waals surface area contributed by atoms with E-state index >= 15 is 0 Å². The molecular formula is C28H38N4O2. The molecule has 4 rings (SSSR count). The summed E-state index contributed by atoms with van der Waals surface area (Å²) in [5.41, 5.74) is 6.53. The lowest BCUT2D eigenvalue weighted by molar-refractivity contribution is -0.105. The Balaban J connectivity index is 0.000000248. The maximum Gasteiger partial charge on any atom is 0.211 e. The van der Waals surface area contributed by atoms with Crippen molar-refractivity contribution >= 4 is 23.4 Å². The SMILES string of the molecule is C=C(C)c1ccc(N2CCN(C(=C)CN3CCCC3)CC2)cc1.Cc1cc(O)ccc1NC=O. The molecule has 2 fully saturated rings. The van der Waals surface area contributed by atoms with E-state index in [1.165, 1.54) is 48.9 Å². The van der Waals surface area contributed by atoms with Crippen molar-refractivity contribution in [2.45, 2.75) is 26.7 Å². The summed E-state index contributed by atoms with van der Waals surface area (Å²) in [5, 5.41) is 11.5. The van der Waals surface area contributed by atoms with E-state index < -0.39 is 0 Å². The number of nitrogens with zero attached hydrogens (tertiary/aromatic N) is 3. The molecule has 0 saturated carbocycles. The third kappa shape index (κ3) is 7.12. The molecular weight excluding hydrogens is 424 g/mol. The second kappa shape index (κ2) is 12.3. The summed E-state index contributed by atoms with van der Waals surface area (Å²) in [7, 11) is 0. The Morgan fingerprint density at radius 2 is 1.65 bits per heavy atom. The Morgan fingerprint density at radius 3 is 2.21 bits per heavy atom. The molecule has 0 spiro atoms. The number of benzene rings is 2. The number of rotatable bonds is 7. The Morgan fingerprint density at radius 1 is 1.00 bits per heavy atom. The fraction of sp³-hybridized carbons (Fsp3) is 0.393. The van der Waals surface area contributed by atoms with Gasteiger partial charge in [0, 0.05) is 49.8 Å². The Kier molecular flexibility index (Phi) is 9.16. The molecule has 0 bridgehead atoms. The zero-order chi connectivity index (χ0) is 24.5. The number of allylic oxidation sites excluding steroid dienone is 1. The van der Waals surface area contributed by atoms with E-state index in [0.717, 1.165) is 49.5 Å². The minimum atomic E-state index is 0.207. The molecule has 1 amide bonds. The van der Waals surface area contributed by atoms with Crippen molar-refractivity contribution < 1.29 is 9.90 Å². The molecule has 6 heteroatoms. The van der Waals surface area contributed by atoms with Gasteiger partial charge in [-0.1, -0.05) is 30.9 Å². The zero-order valence-corrected chi connectivity index (χ0v) is 20.6. The van der Waals surface area contributed by atoms with Gasteiger partial charge in [-0.25, -0.2) is 0 Å². The van der Waals surface area contributed by atoms with Crippen molar-refractivity contribution in [3.63, 3.8) is 0 Å². The van der Waals surface area contributed by atoms with Crippen LogP contribution in [0, 0.1) is 6.92 Å². The smallest absolute Gasteiger partial charge is 0.211 e. The number of amides is 1. The van der Waals surface area contributed by atoms with Crippen LogP contribution in [0.1, 0.15) is 30.9 Å². The lowest BCUT2D eigenvalue weighted by Gasteiger charge is -2.39. The van der Waals surface area contributed by atoms with E-state index in [2.05, 4.69) is 64.4 Å². The van der Waals surface area contributed by atoms with Crippen molar-refractivity contribution in [2.75, 3.05) is 56.0 Å². The highest BCUT2D eigenvalue weighted by Gasteiger charge is 2.20. The monoisotopic (exact) mass is 462 g/mol. The predicted octanol–water partition coefficient (Wildman–Crippen LogP) is 4.72. The number of nitrogens with one attached hydrogen (secondary N) is 1. The first-order valence-corrected chi connectivity index (χ1v) is 12.0. The first-order valence-electron chi connectivity index (χ1n) is 12.0. The Hall–Kier alpha value is -3.25. The highest BCUT2D eigenvalue weighted by atomic mass is 16.3. The number of hydrogen-bond donors (Lipinski definition) is 2. The van der Waals surface area contributed by atoms with E-state index in [-0.39, 0.29) is 5.75 Å². The molecule has 2 aliphatic heterocycles. The standard InChI is InChI=1S/C20H29N3.C8H9NO2/c1-17(2)19-6-8-20(9-7-19)23-14-12-22(13-15-23)18(3)16-21-10-4-5-11-21;1-6-4-7(11)2-3-8(6)9-5-10/h6-9H,1,3-5,10-16H2,2H3;2-5,11H,1H3,(H,9,10). The van der Waals surface area contributed by atoms with Gasteiger partial charge in [0.15, 0.2) is 0 Å². The fourth-order valence-corrected chi connectivity index (χ4v) is 4.41. The molecule has 34 heavy (non-hydrogen) atoms. The summed E-state index contributed by atoms with van der Waals surface area (Å²) in [6.07, 6.45) is 3.31. The predicted molar refractivity (Wildman–Crippen MR) is 142 cm³/mol. The number of carbonyl (C=O) groups excluding carboxylic acids is 1. The summed E-state index contributed by atoms with van der Waals surface area (Å²) in [6.45, 7) is 20.0. The van der Waals surface area contributed by atoms with E-state index in [1.54, 1.807) is 12.1 Å². The molecule has 0 radical (unpaired) electrons. The Bertz CT molecular complexity index is 972. The summed E-state index contributed by atoms with van der Waals surface area (Å²) in [4.78, 5) is 17.5. The number of aryl methyl sites for hydroxylation is 1. The molecule has 2 aliphatic rings. The van der Waals surface area contributed by atoms with Gasteiger partial charge in [-0.05, 0) is 81.2 Å². The number of anilines is 2. The van der Waals surface area contributed by atoms with Crippen LogP contribution in [0.2, 0.25) is 0 Å². The average Bonchev–Trinajstić information content (AvgIpc) is 3.35. The quantitative estimate of drug-likeness (QED) is 0.461. The molecule has 2 heterocycles. The maximum atomic E-state index is 10.0. The van der Waals surface area contributed by atoms with Crippen LogP contribution in [-0.4, -0.2) is 67.1 Å². The van der Waals surface area contributed by atoms with Crippen LogP contribution in [0.15, 0.2) is 61.3 Å². The first kappa shape index (κ1) is 25.4. The third-order valence-electron chi connectivity index (χ3n) is 6.48. The van der Waals surface area contributed by atoms with Gasteiger partial charge in [-0.15, -0.1) is 0 Å². The first-order chi connectivity index (χ1) is 16.4. The molecule has 2 aromatic rings. The number of piperazine rings is 1. The minimum absolute atomic E-state index is 0.207. The number of likely N-dealkylation sites (tertiary alicyclic amines) is 1. The second-order valence-electron chi connectivity index (χ2n) is 9.11. The van der Waals surface area contributed by atoms with Gasteiger partial charge in [0.25, 0.3) is 0 Å². The van der Waals surface area contributed by atoms with E-state index in [1.807, 2.05) is 6.92 Å². The van der Waals surface area contributed by atoms with Gasteiger partial charge in [0.1, 0.15) is 5.75 Å². The summed E-state index contributed by atoms with van der Waals surface area (Å²) in [6, 6.07) is 13.6. The number of carbonyl (C=O) groups is 1. The van der Waals surface area contributed by atoms with Crippen LogP contribution < -0.4 is 10.2 Å². The normalized spacial score (nSPS) is 15.9. The number of phenols is 1. The molecule has 6 nitrogen and oxygen atoms in total. The summed E-state index contributed by atoms with van der Waals surface area (Å²) < 4.78 is 0. The minimum Gasteiger partial charge on any atom is -0.508 e. The molecule has 0 atom stereocenters. The maximum absolute atomic E-state index is 10.0. The van der Waals surface area contributed by atoms with Crippen molar-refractivity contribution in [1.82, 2.24) is 9.80 Å². The van der Waals surface area contributed by atoms with Crippen LogP contribution in [0.4, 0.5) is 11.4 Å². The number of hydrogen-bond acceptors (Lipinski definition) is 5. The van der Waals surface area contributed by atoms with Gasteiger partial charge < -0.3 is 20.2 Å². The third-order valence-corrected chi connectivity index (χ3v) is 6.48. The van der Waals surface area contributed by atoms with Crippen molar-refractivity contribution in [3.8, 4) is 5.75 Å². The molecule has 0 unspecified atom stereocenters. The van der Waals surface area contributed by atoms with Crippen LogP contribution >= 0.6 is 0 Å². The highest BCUT2D eigenvalue weighted by molar-refractivity contribution is 5.73. The van der Waals surface area contributed by atoms with Gasteiger partial charge in [0.2, 0.25) is 6.41 Å². The molecule has 182 valence electrons. The van der Waals surface area contributed by atoms with Crippen molar-refractivity contribution in [2.24, 2.45) is 0 Å². The van der Waals surface area contributed by atoms with Gasteiger partial charge >= 0.3 is 0 Å². The highest BCUT2D eigenvalue weighted by Crippen LogP contribution is 2.22. The van der Waals surface area contributed by atoms with Gasteiger partial charge in [0.05, 0.1) is 0 Å². The average molecular weight is 463 g/mol. The van der Waals surface area contributed by atoms with Crippen molar-refractivity contribution in [1.29, 1.82) is 0 Å². The van der Waals surface area contributed by atoms with Crippen LogP contribution in [0.5, 0.6) is 5.75 Å². The summed E-state index contributed by atoms with van der Waals surface area (Å²) in [5.74, 6) is 0.207. The van der Waals surface area contributed by atoms with E-state index in [4.69, 9.17) is 5.11 Å². The van der Waals surface area contributed by atoms with Crippen LogP contribution in [0.3, 0.4) is 0 Å². The molecule has 2 saturated heterocycles. The van der Waals surface area contributed by atoms with Crippen LogP contribution in [-0.2, 0) is 4.79 Å². The molecule has 0 aliphatic carbocycles. The molecule has 2 N–H and O–H groups in total. The molecule has 2 aromatic carbocycles. The lowest BCUT2D eigenvalue weighted by atomic mass is 10.1. The van der Waals surface area contributed by atoms with E-state index in [0.29, 0.717) is 6.41 Å².